The highest BCUT2D eigenvalue weighted by Gasteiger charge is 2.30. The molecule has 0 aromatic heterocycles. The molecule has 0 saturated carbocycles. The summed E-state index contributed by atoms with van der Waals surface area (Å²) in [7, 11) is -0.500. The molecule has 0 atom stereocenters. The Labute approximate surface area is 206 Å². The van der Waals surface area contributed by atoms with Crippen molar-refractivity contribution in [1.29, 1.82) is 0 Å². The Kier molecular flexibility index (Phi) is 7.51. The third-order valence-electron chi connectivity index (χ3n) is 5.33. The summed E-state index contributed by atoms with van der Waals surface area (Å²) in [5.74, 6) is -1.71. The molecule has 0 saturated heterocycles. The molecular weight excluding hydrogens is 466 g/mol. The van der Waals surface area contributed by atoms with Crippen molar-refractivity contribution in [2.24, 2.45) is 0 Å². The molecule has 0 amide bonds. The fourth-order valence-corrected chi connectivity index (χ4v) is 5.72. The van der Waals surface area contributed by atoms with Gasteiger partial charge in [0.2, 0.25) is 0 Å². The summed E-state index contributed by atoms with van der Waals surface area (Å²) >= 11 is 0. The molecule has 0 spiro atoms. The van der Waals surface area contributed by atoms with Gasteiger partial charge in [-0.1, -0.05) is 48.5 Å². The molecule has 0 fully saturated rings. The Bertz CT molecular complexity index is 1250. The SMILES string of the molecule is CC(C)(OC(=O)COc1ccc([S+](c2ccccc2)c2ccccc2)cc1F)c1cccc(F)c1. The van der Waals surface area contributed by atoms with E-state index in [1.54, 1.807) is 26.0 Å². The van der Waals surface area contributed by atoms with Crippen LogP contribution in [0.1, 0.15) is 19.4 Å². The first-order chi connectivity index (χ1) is 16.8. The highest BCUT2D eigenvalue weighted by Crippen LogP contribution is 2.33. The predicted molar refractivity (Wildman–Crippen MR) is 132 cm³/mol. The highest BCUT2D eigenvalue weighted by atomic mass is 32.2. The van der Waals surface area contributed by atoms with Crippen LogP contribution in [0.15, 0.2) is 118 Å². The minimum atomic E-state index is -1.06. The second-order valence-corrected chi connectivity index (χ2v) is 10.3. The molecule has 35 heavy (non-hydrogen) atoms. The molecule has 4 aromatic carbocycles. The lowest BCUT2D eigenvalue weighted by Crippen LogP contribution is -2.28. The van der Waals surface area contributed by atoms with Gasteiger partial charge in [-0.15, -0.1) is 0 Å². The number of carbonyl (C=O) groups is 1. The molecule has 6 heteroatoms. The smallest absolute Gasteiger partial charge is 0.345 e. The van der Waals surface area contributed by atoms with Gasteiger partial charge < -0.3 is 9.47 Å². The summed E-state index contributed by atoms with van der Waals surface area (Å²) in [6.07, 6.45) is 0. The zero-order valence-electron chi connectivity index (χ0n) is 19.4. The number of ether oxygens (including phenoxy) is 2. The molecule has 4 rings (SSSR count). The van der Waals surface area contributed by atoms with E-state index in [1.807, 2.05) is 66.7 Å². The normalized spacial score (nSPS) is 11.3. The molecule has 3 nitrogen and oxygen atoms in total. The van der Waals surface area contributed by atoms with Crippen molar-refractivity contribution in [1.82, 2.24) is 0 Å². The molecule has 0 N–H and O–H groups in total. The van der Waals surface area contributed by atoms with E-state index in [1.165, 1.54) is 24.3 Å². The fraction of sp³-hybridized carbons (Fsp3) is 0.138. The molecule has 0 bridgehead atoms. The van der Waals surface area contributed by atoms with Crippen molar-refractivity contribution in [2.75, 3.05) is 6.61 Å². The molecule has 0 unspecified atom stereocenters. The van der Waals surface area contributed by atoms with E-state index in [0.717, 1.165) is 14.7 Å². The van der Waals surface area contributed by atoms with Crippen LogP contribution < -0.4 is 4.74 Å². The van der Waals surface area contributed by atoms with Crippen LogP contribution >= 0.6 is 0 Å². The quantitative estimate of drug-likeness (QED) is 0.198. The van der Waals surface area contributed by atoms with Crippen molar-refractivity contribution in [3.05, 3.63) is 120 Å². The average Bonchev–Trinajstić information content (AvgIpc) is 2.85. The van der Waals surface area contributed by atoms with Crippen molar-refractivity contribution in [3.63, 3.8) is 0 Å². The summed E-state index contributed by atoms with van der Waals surface area (Å²) in [6, 6.07) is 30.5. The van der Waals surface area contributed by atoms with Gasteiger partial charge in [0.05, 0.1) is 10.9 Å². The number of rotatable bonds is 8. The average molecular weight is 492 g/mol. The van der Waals surface area contributed by atoms with E-state index in [0.29, 0.717) is 5.56 Å². The molecule has 0 radical (unpaired) electrons. The van der Waals surface area contributed by atoms with E-state index >= 15 is 4.39 Å². The number of halogens is 2. The monoisotopic (exact) mass is 491 g/mol. The van der Waals surface area contributed by atoms with E-state index < -0.39 is 40.7 Å². The van der Waals surface area contributed by atoms with Crippen molar-refractivity contribution >= 4 is 16.9 Å². The molecule has 4 aromatic rings. The van der Waals surface area contributed by atoms with Gasteiger partial charge in [0.25, 0.3) is 0 Å². The Morgan fingerprint density at radius 3 is 1.97 bits per heavy atom. The summed E-state index contributed by atoms with van der Waals surface area (Å²) in [6.45, 7) is 2.84. The lowest BCUT2D eigenvalue weighted by molar-refractivity contribution is -0.160. The maximum atomic E-state index is 15.0. The largest absolute Gasteiger partial charge is 0.479 e. The maximum Gasteiger partial charge on any atom is 0.345 e. The Hall–Kier alpha value is -3.64. The van der Waals surface area contributed by atoms with Crippen molar-refractivity contribution in [2.45, 2.75) is 34.1 Å². The van der Waals surface area contributed by atoms with E-state index in [-0.39, 0.29) is 5.75 Å². The summed E-state index contributed by atoms with van der Waals surface area (Å²) in [4.78, 5) is 15.3. The zero-order chi connectivity index (χ0) is 24.8. The lowest BCUT2D eigenvalue weighted by Gasteiger charge is -2.25. The Balaban J connectivity index is 1.48. The van der Waals surface area contributed by atoms with Crippen LogP contribution in [0.5, 0.6) is 5.75 Å². The van der Waals surface area contributed by atoms with Crippen LogP contribution in [0, 0.1) is 11.6 Å². The maximum absolute atomic E-state index is 15.0. The zero-order valence-corrected chi connectivity index (χ0v) is 20.2. The number of esters is 1. The van der Waals surface area contributed by atoms with Crippen LogP contribution in [0.3, 0.4) is 0 Å². The fourth-order valence-electron chi connectivity index (χ4n) is 3.62. The van der Waals surface area contributed by atoms with Gasteiger partial charge in [0, 0.05) is 6.07 Å². The van der Waals surface area contributed by atoms with Gasteiger partial charge in [0.15, 0.2) is 32.9 Å². The molecule has 178 valence electrons. The van der Waals surface area contributed by atoms with Crippen LogP contribution in [-0.2, 0) is 26.0 Å². The Morgan fingerprint density at radius 1 is 0.771 bits per heavy atom. The second-order valence-electron chi connectivity index (χ2n) is 8.31. The first-order valence-corrected chi connectivity index (χ1v) is 12.3. The number of hydrogen-bond donors (Lipinski definition) is 0. The van der Waals surface area contributed by atoms with E-state index in [2.05, 4.69) is 0 Å². The van der Waals surface area contributed by atoms with Crippen molar-refractivity contribution in [3.8, 4) is 5.75 Å². The molecular formula is C29H25F2O3S+. The molecule has 0 aliphatic carbocycles. The van der Waals surface area contributed by atoms with Crippen LogP contribution in [0.25, 0.3) is 0 Å². The summed E-state index contributed by atoms with van der Waals surface area (Å²) < 4.78 is 39.5. The third kappa shape index (κ3) is 6.08. The number of carbonyl (C=O) groups excluding carboxylic acids is 1. The van der Waals surface area contributed by atoms with Gasteiger partial charge in [-0.3, -0.25) is 0 Å². The lowest BCUT2D eigenvalue weighted by atomic mass is 9.98. The summed E-state index contributed by atoms with van der Waals surface area (Å²) in [5.41, 5.74) is -0.555. The summed E-state index contributed by atoms with van der Waals surface area (Å²) in [5, 5.41) is 0. The minimum absolute atomic E-state index is 0.0427. The number of benzene rings is 4. The first-order valence-electron chi connectivity index (χ1n) is 11.1. The molecule has 0 heterocycles. The standard InChI is InChI=1S/C29H25F2O3S/c1-29(2,21-10-9-11-22(30)18-21)34-28(32)20-33-27-17-16-25(19-26(27)31)35(23-12-5-3-6-13-23)24-14-7-4-8-15-24/h3-19H,20H2,1-2H3/q+1. The van der Waals surface area contributed by atoms with Gasteiger partial charge in [-0.05, 0) is 67.9 Å². The van der Waals surface area contributed by atoms with Gasteiger partial charge in [0.1, 0.15) is 11.4 Å². The van der Waals surface area contributed by atoms with E-state index in [9.17, 15) is 9.18 Å². The second kappa shape index (κ2) is 10.7. The Morgan fingerprint density at radius 2 is 1.40 bits per heavy atom. The van der Waals surface area contributed by atoms with Crippen molar-refractivity contribution < 1.29 is 23.0 Å². The minimum Gasteiger partial charge on any atom is -0.479 e. The molecule has 0 aliphatic rings. The highest BCUT2D eigenvalue weighted by molar-refractivity contribution is 7.97. The van der Waals surface area contributed by atoms with E-state index in [4.69, 9.17) is 9.47 Å². The third-order valence-corrected chi connectivity index (χ3v) is 7.54. The van der Waals surface area contributed by atoms with Gasteiger partial charge in [-0.25, -0.2) is 13.6 Å². The van der Waals surface area contributed by atoms with Gasteiger partial charge >= 0.3 is 5.97 Å². The van der Waals surface area contributed by atoms with Gasteiger partial charge in [-0.2, -0.15) is 0 Å². The number of hydrogen-bond acceptors (Lipinski definition) is 3. The van der Waals surface area contributed by atoms with Crippen LogP contribution in [-0.4, -0.2) is 12.6 Å². The van der Waals surface area contributed by atoms with Crippen LogP contribution in [0.2, 0.25) is 0 Å². The first kappa shape index (κ1) is 24.5. The molecule has 0 aliphatic heterocycles. The van der Waals surface area contributed by atoms with Crippen LogP contribution in [0.4, 0.5) is 8.78 Å². The topological polar surface area (TPSA) is 35.5 Å². The predicted octanol–water partition coefficient (Wildman–Crippen LogP) is 6.92.